The normalized spacial score (nSPS) is 10.4. The standard InChI is InChI=1S/C21H15N5O2/c27-20(14-7-8-17-19(12-14)24-11-10-23-17)25-15-4-3-5-16(13-15)26-21(28)18-6-1-2-9-22-18/h1-13H,(H,25,27)(H,26,28). The van der Waals surface area contributed by atoms with E-state index >= 15 is 0 Å². The van der Waals surface area contributed by atoms with Gasteiger partial charge in [-0.05, 0) is 48.5 Å². The van der Waals surface area contributed by atoms with Crippen LogP contribution in [0.5, 0.6) is 0 Å². The Labute approximate surface area is 160 Å². The van der Waals surface area contributed by atoms with Gasteiger partial charge in [-0.3, -0.25) is 24.5 Å². The van der Waals surface area contributed by atoms with E-state index in [0.29, 0.717) is 28.1 Å². The molecule has 136 valence electrons. The second kappa shape index (κ2) is 7.63. The van der Waals surface area contributed by atoms with Crippen molar-refractivity contribution in [2.45, 2.75) is 0 Å². The summed E-state index contributed by atoms with van der Waals surface area (Å²) >= 11 is 0. The lowest BCUT2D eigenvalue weighted by Crippen LogP contribution is -2.14. The Morgan fingerprint density at radius 1 is 0.643 bits per heavy atom. The highest BCUT2D eigenvalue weighted by Crippen LogP contribution is 2.18. The molecule has 28 heavy (non-hydrogen) atoms. The Morgan fingerprint density at radius 3 is 2.14 bits per heavy atom. The van der Waals surface area contributed by atoms with Crippen molar-refractivity contribution in [3.63, 3.8) is 0 Å². The predicted molar refractivity (Wildman–Crippen MR) is 106 cm³/mol. The minimum Gasteiger partial charge on any atom is -0.322 e. The minimum absolute atomic E-state index is 0.277. The Balaban J connectivity index is 1.49. The third kappa shape index (κ3) is 3.83. The summed E-state index contributed by atoms with van der Waals surface area (Å²) in [7, 11) is 0. The average Bonchev–Trinajstić information content (AvgIpc) is 2.74. The van der Waals surface area contributed by atoms with Crippen LogP contribution in [-0.4, -0.2) is 26.8 Å². The van der Waals surface area contributed by atoms with Crippen molar-refractivity contribution >= 4 is 34.2 Å². The van der Waals surface area contributed by atoms with E-state index in [2.05, 4.69) is 25.6 Å². The Kier molecular flexibility index (Phi) is 4.71. The molecule has 2 N–H and O–H groups in total. The van der Waals surface area contributed by atoms with Gasteiger partial charge in [0, 0.05) is 35.5 Å². The summed E-state index contributed by atoms with van der Waals surface area (Å²) in [6.07, 6.45) is 4.74. The van der Waals surface area contributed by atoms with Crippen molar-refractivity contribution in [2.24, 2.45) is 0 Å². The second-order valence-electron chi connectivity index (χ2n) is 5.96. The molecule has 4 rings (SSSR count). The van der Waals surface area contributed by atoms with Crippen molar-refractivity contribution in [1.82, 2.24) is 15.0 Å². The first-order valence-electron chi connectivity index (χ1n) is 8.54. The predicted octanol–water partition coefficient (Wildman–Crippen LogP) is 3.53. The number of anilines is 2. The Morgan fingerprint density at radius 2 is 1.39 bits per heavy atom. The third-order valence-electron chi connectivity index (χ3n) is 4.01. The lowest BCUT2D eigenvalue weighted by molar-refractivity contribution is 0.101. The molecular weight excluding hydrogens is 354 g/mol. The number of rotatable bonds is 4. The molecule has 7 heteroatoms. The molecule has 2 aromatic heterocycles. The van der Waals surface area contributed by atoms with Gasteiger partial charge in [0.1, 0.15) is 5.69 Å². The number of benzene rings is 2. The Bertz CT molecular complexity index is 1160. The number of amides is 2. The second-order valence-corrected chi connectivity index (χ2v) is 5.96. The first-order valence-corrected chi connectivity index (χ1v) is 8.54. The van der Waals surface area contributed by atoms with Crippen LogP contribution in [0.15, 0.2) is 79.3 Å². The van der Waals surface area contributed by atoms with Gasteiger partial charge < -0.3 is 10.6 Å². The first-order chi connectivity index (χ1) is 13.7. The lowest BCUT2D eigenvalue weighted by atomic mass is 10.1. The van der Waals surface area contributed by atoms with E-state index in [1.165, 1.54) is 0 Å². The Hall–Kier alpha value is -4.13. The number of hydrogen-bond acceptors (Lipinski definition) is 5. The lowest BCUT2D eigenvalue weighted by Gasteiger charge is -2.09. The number of nitrogens with zero attached hydrogens (tertiary/aromatic N) is 3. The van der Waals surface area contributed by atoms with E-state index in [-0.39, 0.29) is 11.8 Å². The van der Waals surface area contributed by atoms with Gasteiger partial charge in [0.15, 0.2) is 0 Å². The monoisotopic (exact) mass is 369 g/mol. The highest BCUT2D eigenvalue weighted by molar-refractivity contribution is 6.07. The highest BCUT2D eigenvalue weighted by atomic mass is 16.2. The van der Waals surface area contributed by atoms with Gasteiger partial charge in [0.05, 0.1) is 11.0 Å². The average molecular weight is 369 g/mol. The van der Waals surface area contributed by atoms with Crippen LogP contribution in [0.2, 0.25) is 0 Å². The van der Waals surface area contributed by atoms with E-state index in [0.717, 1.165) is 5.52 Å². The number of aromatic nitrogens is 3. The molecule has 0 saturated heterocycles. The molecule has 0 aliphatic heterocycles. The maximum absolute atomic E-state index is 12.6. The summed E-state index contributed by atoms with van der Waals surface area (Å²) in [5.41, 5.74) is 3.26. The fraction of sp³-hybridized carbons (Fsp3) is 0. The van der Waals surface area contributed by atoms with Crippen LogP contribution in [0.4, 0.5) is 11.4 Å². The van der Waals surface area contributed by atoms with E-state index in [4.69, 9.17) is 0 Å². The SMILES string of the molecule is O=C(Nc1cccc(NC(=O)c2ccccn2)c1)c1ccc2nccnc2c1. The van der Waals surface area contributed by atoms with Crippen LogP contribution in [0.25, 0.3) is 11.0 Å². The molecule has 0 saturated carbocycles. The number of hydrogen-bond donors (Lipinski definition) is 2. The van der Waals surface area contributed by atoms with Crippen LogP contribution in [0.3, 0.4) is 0 Å². The number of carbonyl (C=O) groups is 2. The van der Waals surface area contributed by atoms with Gasteiger partial charge >= 0.3 is 0 Å². The van der Waals surface area contributed by atoms with Gasteiger partial charge in [-0.1, -0.05) is 12.1 Å². The maximum Gasteiger partial charge on any atom is 0.274 e. The van der Waals surface area contributed by atoms with Crippen LogP contribution >= 0.6 is 0 Å². The summed E-state index contributed by atoms with van der Waals surface area (Å²) < 4.78 is 0. The third-order valence-corrected chi connectivity index (χ3v) is 4.01. The fourth-order valence-electron chi connectivity index (χ4n) is 2.67. The van der Waals surface area contributed by atoms with Gasteiger partial charge in [-0.15, -0.1) is 0 Å². The first kappa shape index (κ1) is 17.3. The summed E-state index contributed by atoms with van der Waals surface area (Å²) in [5, 5.41) is 5.59. The molecule has 0 spiro atoms. The molecule has 0 aliphatic rings. The molecule has 2 heterocycles. The van der Waals surface area contributed by atoms with E-state index in [1.807, 2.05) is 0 Å². The minimum atomic E-state index is -0.322. The molecule has 7 nitrogen and oxygen atoms in total. The van der Waals surface area contributed by atoms with Crippen LogP contribution in [0, 0.1) is 0 Å². The number of nitrogens with one attached hydrogen (secondary N) is 2. The molecule has 0 radical (unpaired) electrons. The number of carbonyl (C=O) groups excluding carboxylic acids is 2. The summed E-state index contributed by atoms with van der Waals surface area (Å²) in [4.78, 5) is 37.2. The molecular formula is C21H15N5O2. The van der Waals surface area contributed by atoms with E-state index in [9.17, 15) is 9.59 Å². The van der Waals surface area contributed by atoms with Gasteiger partial charge in [0.2, 0.25) is 0 Å². The van der Waals surface area contributed by atoms with Gasteiger partial charge in [0.25, 0.3) is 11.8 Å². The summed E-state index contributed by atoms with van der Waals surface area (Å²) in [6, 6.07) is 17.2. The topological polar surface area (TPSA) is 96.9 Å². The summed E-state index contributed by atoms with van der Waals surface area (Å²) in [6.45, 7) is 0. The molecule has 0 atom stereocenters. The number of pyridine rings is 1. The zero-order valence-electron chi connectivity index (χ0n) is 14.7. The smallest absolute Gasteiger partial charge is 0.274 e. The van der Waals surface area contributed by atoms with Gasteiger partial charge in [-0.25, -0.2) is 0 Å². The van der Waals surface area contributed by atoms with Crippen LogP contribution in [-0.2, 0) is 0 Å². The summed E-state index contributed by atoms with van der Waals surface area (Å²) in [5.74, 6) is -0.599. The molecule has 4 aromatic rings. The van der Waals surface area contributed by atoms with E-state index in [1.54, 1.807) is 79.3 Å². The van der Waals surface area contributed by atoms with Crippen molar-refractivity contribution in [2.75, 3.05) is 10.6 Å². The maximum atomic E-state index is 12.6. The van der Waals surface area contributed by atoms with Crippen molar-refractivity contribution in [1.29, 1.82) is 0 Å². The van der Waals surface area contributed by atoms with Crippen molar-refractivity contribution in [3.8, 4) is 0 Å². The van der Waals surface area contributed by atoms with E-state index < -0.39 is 0 Å². The molecule has 0 bridgehead atoms. The van der Waals surface area contributed by atoms with Crippen LogP contribution in [0.1, 0.15) is 20.8 Å². The van der Waals surface area contributed by atoms with Crippen molar-refractivity contribution < 1.29 is 9.59 Å². The zero-order chi connectivity index (χ0) is 19.3. The molecule has 0 unspecified atom stereocenters. The van der Waals surface area contributed by atoms with Gasteiger partial charge in [-0.2, -0.15) is 0 Å². The largest absolute Gasteiger partial charge is 0.322 e. The van der Waals surface area contributed by atoms with Crippen LogP contribution < -0.4 is 10.6 Å². The number of fused-ring (bicyclic) bond motifs is 1. The molecule has 0 aliphatic carbocycles. The quantitative estimate of drug-likeness (QED) is 0.574. The molecule has 2 amide bonds. The fourth-order valence-corrected chi connectivity index (χ4v) is 2.67. The highest BCUT2D eigenvalue weighted by Gasteiger charge is 2.10. The van der Waals surface area contributed by atoms with Crippen molar-refractivity contribution in [3.05, 3.63) is 90.5 Å². The molecule has 0 fully saturated rings. The molecule has 2 aromatic carbocycles. The zero-order valence-corrected chi connectivity index (χ0v) is 14.7.